The van der Waals surface area contributed by atoms with Crippen molar-refractivity contribution >= 4 is 22.4 Å². The van der Waals surface area contributed by atoms with Gasteiger partial charge in [0, 0.05) is 17.4 Å². The molecule has 0 bridgehead atoms. The SMILES string of the molecule is COc1ccc(OC)c(-c2csc(NC(=O)CCc3ccccc3)n2)c1. The first kappa shape index (κ1) is 17.9. The van der Waals surface area contributed by atoms with Crippen LogP contribution in [0, 0.1) is 0 Å². The van der Waals surface area contributed by atoms with Crippen molar-refractivity contribution < 1.29 is 14.3 Å². The number of benzene rings is 2. The van der Waals surface area contributed by atoms with Crippen LogP contribution in [0.25, 0.3) is 11.3 Å². The number of carbonyl (C=O) groups is 1. The highest BCUT2D eigenvalue weighted by atomic mass is 32.1. The Morgan fingerprint density at radius 1 is 1.12 bits per heavy atom. The number of methoxy groups -OCH3 is 2. The third-order valence-electron chi connectivity index (χ3n) is 3.92. The Labute approximate surface area is 156 Å². The van der Waals surface area contributed by atoms with Gasteiger partial charge >= 0.3 is 0 Å². The van der Waals surface area contributed by atoms with Crippen molar-refractivity contribution in [2.75, 3.05) is 19.5 Å². The third kappa shape index (κ3) is 4.40. The van der Waals surface area contributed by atoms with Crippen LogP contribution in [0.3, 0.4) is 0 Å². The molecule has 1 heterocycles. The number of nitrogens with zero attached hydrogens (tertiary/aromatic N) is 1. The summed E-state index contributed by atoms with van der Waals surface area (Å²) in [4.78, 5) is 16.7. The van der Waals surface area contributed by atoms with Crippen LogP contribution < -0.4 is 14.8 Å². The normalized spacial score (nSPS) is 10.4. The second kappa shape index (κ2) is 8.49. The summed E-state index contributed by atoms with van der Waals surface area (Å²) in [6.07, 6.45) is 1.12. The molecule has 0 unspecified atom stereocenters. The molecule has 0 radical (unpaired) electrons. The van der Waals surface area contributed by atoms with E-state index in [1.807, 2.05) is 53.9 Å². The molecule has 2 aromatic carbocycles. The van der Waals surface area contributed by atoms with Crippen LogP contribution in [-0.2, 0) is 11.2 Å². The zero-order chi connectivity index (χ0) is 18.4. The van der Waals surface area contributed by atoms with Gasteiger partial charge in [0.1, 0.15) is 11.5 Å². The van der Waals surface area contributed by atoms with E-state index in [9.17, 15) is 4.79 Å². The maximum Gasteiger partial charge on any atom is 0.226 e. The van der Waals surface area contributed by atoms with Crippen molar-refractivity contribution in [2.24, 2.45) is 0 Å². The molecular weight excluding hydrogens is 348 g/mol. The first-order valence-corrected chi connectivity index (χ1v) is 9.09. The van der Waals surface area contributed by atoms with E-state index in [1.165, 1.54) is 11.3 Å². The topological polar surface area (TPSA) is 60.5 Å². The second-order valence-corrected chi connectivity index (χ2v) is 6.50. The highest BCUT2D eigenvalue weighted by molar-refractivity contribution is 7.14. The molecule has 0 saturated carbocycles. The number of anilines is 1. The highest BCUT2D eigenvalue weighted by Crippen LogP contribution is 2.35. The van der Waals surface area contributed by atoms with E-state index in [-0.39, 0.29) is 5.91 Å². The lowest BCUT2D eigenvalue weighted by Gasteiger charge is -2.08. The van der Waals surface area contributed by atoms with E-state index in [0.29, 0.717) is 23.7 Å². The van der Waals surface area contributed by atoms with Crippen LogP contribution in [-0.4, -0.2) is 25.1 Å². The largest absolute Gasteiger partial charge is 0.497 e. The zero-order valence-corrected chi connectivity index (χ0v) is 15.5. The average Bonchev–Trinajstić information content (AvgIpc) is 3.15. The lowest BCUT2D eigenvalue weighted by atomic mass is 10.1. The minimum Gasteiger partial charge on any atom is -0.497 e. The number of aromatic nitrogens is 1. The number of aryl methyl sites for hydroxylation is 1. The Morgan fingerprint density at radius 2 is 1.92 bits per heavy atom. The van der Waals surface area contributed by atoms with Crippen LogP contribution in [0.15, 0.2) is 53.9 Å². The fourth-order valence-electron chi connectivity index (χ4n) is 2.55. The first-order valence-electron chi connectivity index (χ1n) is 8.21. The summed E-state index contributed by atoms with van der Waals surface area (Å²) in [6, 6.07) is 15.5. The molecule has 5 nitrogen and oxygen atoms in total. The number of ether oxygens (including phenoxy) is 2. The van der Waals surface area contributed by atoms with Crippen LogP contribution in [0.4, 0.5) is 5.13 Å². The molecule has 1 N–H and O–H groups in total. The van der Waals surface area contributed by atoms with Crippen LogP contribution in [0.5, 0.6) is 11.5 Å². The van der Waals surface area contributed by atoms with Gasteiger partial charge in [-0.15, -0.1) is 11.3 Å². The summed E-state index contributed by atoms with van der Waals surface area (Å²) in [6.45, 7) is 0. The van der Waals surface area contributed by atoms with Crippen molar-refractivity contribution in [3.05, 3.63) is 59.5 Å². The highest BCUT2D eigenvalue weighted by Gasteiger charge is 2.13. The van der Waals surface area contributed by atoms with Crippen LogP contribution >= 0.6 is 11.3 Å². The van der Waals surface area contributed by atoms with Gasteiger partial charge in [0.25, 0.3) is 0 Å². The van der Waals surface area contributed by atoms with Gasteiger partial charge in [-0.3, -0.25) is 4.79 Å². The van der Waals surface area contributed by atoms with Crippen LogP contribution in [0.1, 0.15) is 12.0 Å². The predicted molar refractivity (Wildman–Crippen MR) is 104 cm³/mol. The minimum atomic E-state index is -0.0487. The summed E-state index contributed by atoms with van der Waals surface area (Å²) in [5.74, 6) is 1.38. The molecule has 3 rings (SSSR count). The Bertz CT molecular complexity index is 878. The predicted octanol–water partition coefficient (Wildman–Crippen LogP) is 4.40. The van der Waals surface area contributed by atoms with E-state index in [1.54, 1.807) is 14.2 Å². The molecule has 0 aliphatic carbocycles. The van der Waals surface area contributed by atoms with Crippen molar-refractivity contribution in [3.63, 3.8) is 0 Å². The molecule has 0 saturated heterocycles. The molecule has 0 aliphatic heterocycles. The number of amides is 1. The summed E-state index contributed by atoms with van der Waals surface area (Å²) in [7, 11) is 3.23. The summed E-state index contributed by atoms with van der Waals surface area (Å²) in [5, 5.41) is 5.33. The number of thiazole rings is 1. The quantitative estimate of drug-likeness (QED) is 0.671. The summed E-state index contributed by atoms with van der Waals surface area (Å²) < 4.78 is 10.7. The number of carbonyl (C=O) groups excluding carboxylic acids is 1. The maximum absolute atomic E-state index is 12.2. The van der Waals surface area contributed by atoms with E-state index in [4.69, 9.17) is 9.47 Å². The zero-order valence-electron chi connectivity index (χ0n) is 14.7. The van der Waals surface area contributed by atoms with Crippen molar-refractivity contribution in [3.8, 4) is 22.8 Å². The molecule has 0 aliphatic rings. The van der Waals surface area contributed by atoms with Gasteiger partial charge < -0.3 is 14.8 Å². The standard InChI is InChI=1S/C20H20N2O3S/c1-24-15-9-10-18(25-2)16(12-15)17-13-26-20(21-17)22-19(23)11-8-14-6-4-3-5-7-14/h3-7,9-10,12-13H,8,11H2,1-2H3,(H,21,22,23). The fraction of sp³-hybridized carbons (Fsp3) is 0.200. The number of hydrogen-bond acceptors (Lipinski definition) is 5. The fourth-order valence-corrected chi connectivity index (χ4v) is 3.28. The van der Waals surface area contributed by atoms with Gasteiger partial charge in [-0.2, -0.15) is 0 Å². The van der Waals surface area contributed by atoms with Gasteiger partial charge in [0.05, 0.1) is 19.9 Å². The molecule has 0 spiro atoms. The van der Waals surface area contributed by atoms with E-state index >= 15 is 0 Å². The molecule has 3 aromatic rings. The van der Waals surface area contributed by atoms with E-state index < -0.39 is 0 Å². The average molecular weight is 368 g/mol. The monoisotopic (exact) mass is 368 g/mol. The van der Waals surface area contributed by atoms with Crippen LogP contribution in [0.2, 0.25) is 0 Å². The second-order valence-electron chi connectivity index (χ2n) is 5.64. The minimum absolute atomic E-state index is 0.0487. The van der Waals surface area contributed by atoms with Crippen molar-refractivity contribution in [1.82, 2.24) is 4.98 Å². The lowest BCUT2D eigenvalue weighted by Crippen LogP contribution is -2.12. The Balaban J connectivity index is 1.67. The van der Waals surface area contributed by atoms with Gasteiger partial charge in [-0.05, 0) is 30.2 Å². The van der Waals surface area contributed by atoms with Gasteiger partial charge in [0.2, 0.25) is 5.91 Å². The van der Waals surface area contributed by atoms with Crippen molar-refractivity contribution in [1.29, 1.82) is 0 Å². The maximum atomic E-state index is 12.2. The molecule has 0 fully saturated rings. The van der Waals surface area contributed by atoms with Gasteiger partial charge in [0.15, 0.2) is 5.13 Å². The Morgan fingerprint density at radius 3 is 2.65 bits per heavy atom. The Kier molecular flexibility index (Phi) is 5.86. The molecule has 6 heteroatoms. The molecule has 134 valence electrons. The van der Waals surface area contributed by atoms with E-state index in [0.717, 1.165) is 22.6 Å². The first-order chi connectivity index (χ1) is 12.7. The van der Waals surface area contributed by atoms with E-state index in [2.05, 4.69) is 10.3 Å². The molecule has 26 heavy (non-hydrogen) atoms. The lowest BCUT2D eigenvalue weighted by molar-refractivity contribution is -0.116. The smallest absolute Gasteiger partial charge is 0.226 e. The summed E-state index contributed by atoms with van der Waals surface area (Å²) in [5.41, 5.74) is 2.71. The van der Waals surface area contributed by atoms with Gasteiger partial charge in [-0.25, -0.2) is 4.98 Å². The van der Waals surface area contributed by atoms with Crippen molar-refractivity contribution in [2.45, 2.75) is 12.8 Å². The molecule has 1 aromatic heterocycles. The molecular formula is C20H20N2O3S. The number of hydrogen-bond donors (Lipinski definition) is 1. The molecule has 0 atom stereocenters. The number of nitrogens with one attached hydrogen (secondary N) is 1. The Hall–Kier alpha value is -2.86. The third-order valence-corrected chi connectivity index (χ3v) is 4.67. The number of rotatable bonds is 7. The van der Waals surface area contributed by atoms with Gasteiger partial charge in [-0.1, -0.05) is 30.3 Å². The summed E-state index contributed by atoms with van der Waals surface area (Å²) >= 11 is 1.39. The molecule has 1 amide bonds.